The van der Waals surface area contributed by atoms with Gasteiger partial charge in [0.25, 0.3) is 0 Å². The fourth-order valence-electron chi connectivity index (χ4n) is 1.19. The summed E-state index contributed by atoms with van der Waals surface area (Å²) in [5.74, 6) is -1.05. The molecule has 0 aliphatic carbocycles. The number of carboxylic acid groups (broad SMARTS) is 1. The van der Waals surface area contributed by atoms with E-state index in [1.807, 2.05) is 0 Å². The molecule has 0 bridgehead atoms. The Labute approximate surface area is 92.0 Å². The number of aromatic nitrogens is 2. The lowest BCUT2D eigenvalue weighted by Gasteiger charge is -1.95. The third-order valence-corrected chi connectivity index (χ3v) is 3.10. The van der Waals surface area contributed by atoms with Crippen LogP contribution >= 0.6 is 27.5 Å². The Balaban J connectivity index is 2.83. The third kappa shape index (κ3) is 1.29. The predicted molar refractivity (Wildman–Crippen MR) is 55.8 cm³/mol. The van der Waals surface area contributed by atoms with Crippen LogP contribution in [0.4, 0.5) is 0 Å². The predicted octanol–water partition coefficient (Wildman–Crippen LogP) is 2.68. The van der Waals surface area contributed by atoms with E-state index in [0.717, 1.165) is 0 Å². The van der Waals surface area contributed by atoms with Crippen LogP contribution in [0.2, 0.25) is 5.02 Å². The number of benzene rings is 1. The van der Waals surface area contributed by atoms with Gasteiger partial charge in [-0.15, -0.1) is 0 Å². The van der Waals surface area contributed by atoms with Gasteiger partial charge in [0, 0.05) is 9.86 Å². The van der Waals surface area contributed by atoms with Gasteiger partial charge in [-0.05, 0) is 28.1 Å². The standard InChI is InChI=1S/C8H4BrClN2O2/c9-4-2-1-3-6(5(4)10)11-12-7(3)8(13)14/h1-2H,(H,11,12)(H,13,14). The largest absolute Gasteiger partial charge is 0.477 e. The molecule has 0 spiro atoms. The maximum Gasteiger partial charge on any atom is 0.354 e. The van der Waals surface area contributed by atoms with Gasteiger partial charge in [-0.25, -0.2) is 4.79 Å². The van der Waals surface area contributed by atoms with E-state index in [-0.39, 0.29) is 5.69 Å². The number of aromatic carboxylic acids is 1. The van der Waals surface area contributed by atoms with Crippen LogP contribution in [0.25, 0.3) is 10.9 Å². The number of carbonyl (C=O) groups is 1. The van der Waals surface area contributed by atoms with Crippen molar-refractivity contribution in [3.63, 3.8) is 0 Å². The molecule has 0 fully saturated rings. The van der Waals surface area contributed by atoms with Gasteiger partial charge in [-0.3, -0.25) is 5.10 Å². The van der Waals surface area contributed by atoms with Crippen molar-refractivity contribution in [2.24, 2.45) is 0 Å². The molecule has 72 valence electrons. The Morgan fingerprint density at radius 2 is 2.29 bits per heavy atom. The molecule has 2 N–H and O–H groups in total. The molecular weight excluding hydrogens is 271 g/mol. The van der Waals surface area contributed by atoms with Crippen molar-refractivity contribution in [1.82, 2.24) is 10.2 Å². The Morgan fingerprint density at radius 3 is 2.93 bits per heavy atom. The number of carboxylic acids is 1. The van der Waals surface area contributed by atoms with Gasteiger partial charge in [-0.1, -0.05) is 11.6 Å². The molecule has 4 nitrogen and oxygen atoms in total. The zero-order chi connectivity index (χ0) is 10.3. The fraction of sp³-hybridized carbons (Fsp3) is 0. The molecule has 0 saturated heterocycles. The molecule has 0 radical (unpaired) electrons. The van der Waals surface area contributed by atoms with Crippen molar-refractivity contribution in [1.29, 1.82) is 0 Å². The quantitative estimate of drug-likeness (QED) is 0.841. The van der Waals surface area contributed by atoms with Crippen LogP contribution in [-0.2, 0) is 0 Å². The minimum absolute atomic E-state index is 0.0504. The van der Waals surface area contributed by atoms with Crippen molar-refractivity contribution in [3.8, 4) is 0 Å². The van der Waals surface area contributed by atoms with Crippen LogP contribution in [0.5, 0.6) is 0 Å². The summed E-state index contributed by atoms with van der Waals surface area (Å²) in [5, 5.41) is 16.0. The van der Waals surface area contributed by atoms with Crippen molar-refractivity contribution < 1.29 is 9.90 Å². The zero-order valence-electron chi connectivity index (χ0n) is 6.71. The summed E-state index contributed by atoms with van der Waals surface area (Å²) in [4.78, 5) is 10.7. The van der Waals surface area contributed by atoms with Gasteiger partial charge in [0.15, 0.2) is 5.69 Å². The maximum absolute atomic E-state index is 10.7. The number of hydrogen-bond donors (Lipinski definition) is 2. The molecule has 0 unspecified atom stereocenters. The summed E-state index contributed by atoms with van der Waals surface area (Å²) in [6.45, 7) is 0. The summed E-state index contributed by atoms with van der Waals surface area (Å²) < 4.78 is 0.690. The molecule has 0 saturated carbocycles. The van der Waals surface area contributed by atoms with E-state index in [9.17, 15) is 4.79 Å². The molecule has 14 heavy (non-hydrogen) atoms. The van der Waals surface area contributed by atoms with Gasteiger partial charge in [0.05, 0.1) is 5.02 Å². The first kappa shape index (κ1) is 9.48. The van der Waals surface area contributed by atoms with Crippen LogP contribution in [0.15, 0.2) is 16.6 Å². The first-order valence-corrected chi connectivity index (χ1v) is 4.83. The number of fused-ring (bicyclic) bond motifs is 1. The summed E-state index contributed by atoms with van der Waals surface area (Å²) in [5.41, 5.74) is 0.507. The average Bonchev–Trinajstić information content (AvgIpc) is 2.55. The SMILES string of the molecule is O=C(O)c1[nH]nc2c(Cl)c(Br)ccc12. The van der Waals surface area contributed by atoms with Gasteiger partial charge < -0.3 is 5.11 Å². The van der Waals surface area contributed by atoms with Crippen LogP contribution in [0.1, 0.15) is 10.5 Å². The second-order valence-electron chi connectivity index (χ2n) is 2.66. The molecule has 6 heteroatoms. The summed E-state index contributed by atoms with van der Waals surface area (Å²) in [6.07, 6.45) is 0. The number of aromatic amines is 1. The highest BCUT2D eigenvalue weighted by atomic mass is 79.9. The van der Waals surface area contributed by atoms with Crippen molar-refractivity contribution in [2.75, 3.05) is 0 Å². The highest BCUT2D eigenvalue weighted by Crippen LogP contribution is 2.30. The number of hydrogen-bond acceptors (Lipinski definition) is 2. The van der Waals surface area contributed by atoms with Gasteiger partial charge in [0.1, 0.15) is 5.52 Å². The zero-order valence-corrected chi connectivity index (χ0v) is 9.06. The lowest BCUT2D eigenvalue weighted by Crippen LogP contribution is -1.96. The van der Waals surface area contributed by atoms with Crippen molar-refractivity contribution >= 4 is 44.4 Å². The normalized spacial score (nSPS) is 10.7. The number of rotatable bonds is 1. The number of H-pyrrole nitrogens is 1. The topological polar surface area (TPSA) is 66.0 Å². The fourth-order valence-corrected chi connectivity index (χ4v) is 1.71. The first-order valence-electron chi connectivity index (χ1n) is 3.66. The summed E-state index contributed by atoms with van der Waals surface area (Å²) >= 11 is 9.15. The van der Waals surface area contributed by atoms with Crippen LogP contribution in [0.3, 0.4) is 0 Å². The highest BCUT2D eigenvalue weighted by Gasteiger charge is 2.14. The molecule has 1 aromatic carbocycles. The smallest absolute Gasteiger partial charge is 0.354 e. The van der Waals surface area contributed by atoms with E-state index < -0.39 is 5.97 Å². The first-order chi connectivity index (χ1) is 6.61. The maximum atomic E-state index is 10.7. The third-order valence-electron chi connectivity index (χ3n) is 1.83. The van der Waals surface area contributed by atoms with Gasteiger partial charge >= 0.3 is 5.97 Å². The highest BCUT2D eigenvalue weighted by molar-refractivity contribution is 9.10. The molecule has 0 atom stereocenters. The number of nitrogens with one attached hydrogen (secondary N) is 1. The van der Waals surface area contributed by atoms with Gasteiger partial charge in [0.2, 0.25) is 0 Å². The van der Waals surface area contributed by atoms with E-state index in [1.54, 1.807) is 12.1 Å². The molecule has 0 aliphatic rings. The summed E-state index contributed by atoms with van der Waals surface area (Å²) in [6, 6.07) is 3.34. The lowest BCUT2D eigenvalue weighted by molar-refractivity contribution is 0.0692. The monoisotopic (exact) mass is 274 g/mol. The lowest BCUT2D eigenvalue weighted by atomic mass is 10.2. The Bertz CT molecular complexity index is 523. The molecular formula is C8H4BrClN2O2. The van der Waals surface area contributed by atoms with Crippen LogP contribution in [-0.4, -0.2) is 21.3 Å². The van der Waals surface area contributed by atoms with E-state index in [1.165, 1.54) is 0 Å². The minimum Gasteiger partial charge on any atom is -0.477 e. The van der Waals surface area contributed by atoms with Gasteiger partial charge in [-0.2, -0.15) is 5.10 Å². The molecule has 1 aromatic heterocycles. The molecule has 2 rings (SSSR count). The number of halogens is 2. The second-order valence-corrected chi connectivity index (χ2v) is 3.89. The van der Waals surface area contributed by atoms with Crippen LogP contribution < -0.4 is 0 Å². The minimum atomic E-state index is -1.05. The Hall–Kier alpha value is -1.07. The average molecular weight is 275 g/mol. The van der Waals surface area contributed by atoms with E-state index in [2.05, 4.69) is 26.1 Å². The van der Waals surface area contributed by atoms with Crippen molar-refractivity contribution in [3.05, 3.63) is 27.3 Å². The summed E-state index contributed by atoms with van der Waals surface area (Å²) in [7, 11) is 0. The number of nitrogens with zero attached hydrogens (tertiary/aromatic N) is 1. The van der Waals surface area contributed by atoms with E-state index in [0.29, 0.717) is 20.4 Å². The Kier molecular flexibility index (Phi) is 2.20. The second kappa shape index (κ2) is 3.25. The van der Waals surface area contributed by atoms with E-state index >= 15 is 0 Å². The molecule has 0 aliphatic heterocycles. The van der Waals surface area contributed by atoms with Crippen molar-refractivity contribution in [2.45, 2.75) is 0 Å². The van der Waals surface area contributed by atoms with Crippen LogP contribution in [0, 0.1) is 0 Å². The molecule has 2 aromatic rings. The Morgan fingerprint density at radius 1 is 1.57 bits per heavy atom. The van der Waals surface area contributed by atoms with E-state index in [4.69, 9.17) is 16.7 Å². The molecule has 0 amide bonds. The molecule has 1 heterocycles.